The van der Waals surface area contributed by atoms with E-state index in [1.165, 1.54) is 32.5 Å². The molecule has 0 bridgehead atoms. The Morgan fingerprint density at radius 3 is 2.00 bits per heavy atom. The van der Waals surface area contributed by atoms with Crippen LogP contribution in [0.1, 0.15) is 26.7 Å². The lowest BCUT2D eigenvalue weighted by atomic mass is 10.0. The van der Waals surface area contributed by atoms with Crippen LogP contribution in [0.3, 0.4) is 0 Å². The number of piperazine rings is 1. The Balaban J connectivity index is 1.74. The van der Waals surface area contributed by atoms with Crippen molar-refractivity contribution in [2.24, 2.45) is 10.9 Å². The zero-order chi connectivity index (χ0) is 14.6. The minimum atomic E-state index is -0.365. The summed E-state index contributed by atoms with van der Waals surface area (Å²) in [6.45, 7) is 13.0. The molecule has 0 spiro atoms. The quantitative estimate of drug-likeness (QED) is 0.327. The van der Waals surface area contributed by atoms with Gasteiger partial charge < -0.3 is 15.8 Å². The second-order valence-electron chi connectivity index (χ2n) is 6.42. The van der Waals surface area contributed by atoms with Gasteiger partial charge in [0.2, 0.25) is 0 Å². The summed E-state index contributed by atoms with van der Waals surface area (Å²) in [6.07, 6.45) is 2.73. The molecule has 2 aliphatic rings. The standard InChI is InChI=1S/C14H29N5O/c1-14(2,13(15)16-20)19-11-9-18(10-12-19)8-7-17-5-3-4-6-17/h20H,3-12H2,1-2H3,(H2,15,16). The van der Waals surface area contributed by atoms with E-state index in [9.17, 15) is 0 Å². The molecule has 0 aliphatic carbocycles. The first kappa shape index (κ1) is 15.5. The molecule has 2 heterocycles. The molecule has 2 fully saturated rings. The maximum absolute atomic E-state index is 8.88. The SMILES string of the molecule is CC(C)(C(N)=NO)N1CCN(CCN2CCCC2)CC1. The van der Waals surface area contributed by atoms with E-state index in [1.807, 2.05) is 13.8 Å². The van der Waals surface area contributed by atoms with E-state index in [0.29, 0.717) is 5.84 Å². The Morgan fingerprint density at radius 2 is 1.50 bits per heavy atom. The van der Waals surface area contributed by atoms with Crippen molar-refractivity contribution in [2.45, 2.75) is 32.2 Å². The van der Waals surface area contributed by atoms with E-state index in [-0.39, 0.29) is 5.54 Å². The maximum atomic E-state index is 8.88. The van der Waals surface area contributed by atoms with Gasteiger partial charge in [-0.2, -0.15) is 0 Å². The van der Waals surface area contributed by atoms with Crippen molar-refractivity contribution in [2.75, 3.05) is 52.4 Å². The predicted molar refractivity (Wildman–Crippen MR) is 81.2 cm³/mol. The highest BCUT2D eigenvalue weighted by Crippen LogP contribution is 2.17. The summed E-state index contributed by atoms with van der Waals surface area (Å²) in [5.74, 6) is 0.294. The molecule has 116 valence electrons. The van der Waals surface area contributed by atoms with Crippen molar-refractivity contribution in [1.29, 1.82) is 0 Å². The van der Waals surface area contributed by atoms with Crippen LogP contribution >= 0.6 is 0 Å². The number of nitrogens with two attached hydrogens (primary N) is 1. The first-order valence-electron chi connectivity index (χ1n) is 7.72. The van der Waals surface area contributed by atoms with E-state index in [1.54, 1.807) is 0 Å². The molecule has 0 unspecified atom stereocenters. The number of oxime groups is 1. The summed E-state index contributed by atoms with van der Waals surface area (Å²) in [5.41, 5.74) is 5.43. The van der Waals surface area contributed by atoms with Crippen LogP contribution in [0.5, 0.6) is 0 Å². The average Bonchev–Trinajstić information content (AvgIpc) is 2.98. The maximum Gasteiger partial charge on any atom is 0.159 e. The number of rotatable bonds is 5. The Bertz CT molecular complexity index is 330. The van der Waals surface area contributed by atoms with Crippen molar-refractivity contribution in [3.8, 4) is 0 Å². The summed E-state index contributed by atoms with van der Waals surface area (Å²) in [7, 11) is 0. The largest absolute Gasteiger partial charge is 0.409 e. The lowest BCUT2D eigenvalue weighted by Crippen LogP contribution is -2.60. The molecule has 0 aromatic heterocycles. The third-order valence-corrected chi connectivity index (χ3v) is 4.83. The molecule has 20 heavy (non-hydrogen) atoms. The van der Waals surface area contributed by atoms with Gasteiger partial charge in [-0.05, 0) is 39.8 Å². The fourth-order valence-electron chi connectivity index (χ4n) is 3.10. The first-order chi connectivity index (χ1) is 9.54. The van der Waals surface area contributed by atoms with Crippen molar-refractivity contribution in [3.05, 3.63) is 0 Å². The van der Waals surface area contributed by atoms with Gasteiger partial charge in [0.25, 0.3) is 0 Å². The molecule has 2 saturated heterocycles. The van der Waals surface area contributed by atoms with Gasteiger partial charge in [0.15, 0.2) is 5.84 Å². The molecule has 0 aromatic carbocycles. The molecule has 0 atom stereocenters. The van der Waals surface area contributed by atoms with Gasteiger partial charge in [-0.1, -0.05) is 5.16 Å². The summed E-state index contributed by atoms with van der Waals surface area (Å²) >= 11 is 0. The van der Waals surface area contributed by atoms with Crippen molar-refractivity contribution in [3.63, 3.8) is 0 Å². The third-order valence-electron chi connectivity index (χ3n) is 4.83. The number of likely N-dealkylation sites (tertiary alicyclic amines) is 1. The van der Waals surface area contributed by atoms with Gasteiger partial charge in [-0.25, -0.2) is 0 Å². The Morgan fingerprint density at radius 1 is 1.00 bits per heavy atom. The summed E-state index contributed by atoms with van der Waals surface area (Å²) in [6, 6.07) is 0. The van der Waals surface area contributed by atoms with Crippen LogP contribution in [0.2, 0.25) is 0 Å². The van der Waals surface area contributed by atoms with Crippen LogP contribution in [0, 0.1) is 0 Å². The zero-order valence-corrected chi connectivity index (χ0v) is 12.9. The van der Waals surface area contributed by atoms with E-state index in [0.717, 1.165) is 32.7 Å². The summed E-state index contributed by atoms with van der Waals surface area (Å²) < 4.78 is 0. The lowest BCUT2D eigenvalue weighted by molar-refractivity contribution is 0.0782. The van der Waals surface area contributed by atoms with Crippen LogP contribution in [-0.4, -0.2) is 83.6 Å². The van der Waals surface area contributed by atoms with Gasteiger partial charge in [-0.15, -0.1) is 0 Å². The van der Waals surface area contributed by atoms with Gasteiger partial charge in [0.05, 0.1) is 5.54 Å². The van der Waals surface area contributed by atoms with Crippen LogP contribution in [0.4, 0.5) is 0 Å². The zero-order valence-electron chi connectivity index (χ0n) is 12.9. The van der Waals surface area contributed by atoms with Crippen LogP contribution < -0.4 is 5.73 Å². The van der Waals surface area contributed by atoms with E-state index >= 15 is 0 Å². The minimum Gasteiger partial charge on any atom is -0.409 e. The van der Waals surface area contributed by atoms with E-state index in [2.05, 4.69) is 19.9 Å². The van der Waals surface area contributed by atoms with E-state index < -0.39 is 0 Å². The molecule has 2 aliphatic heterocycles. The number of hydrogen-bond donors (Lipinski definition) is 2. The molecule has 0 aromatic rings. The predicted octanol–water partition coefficient (Wildman–Crippen LogP) is 0.225. The second-order valence-corrected chi connectivity index (χ2v) is 6.42. The fraction of sp³-hybridized carbons (Fsp3) is 0.929. The van der Waals surface area contributed by atoms with Crippen molar-refractivity contribution >= 4 is 5.84 Å². The molecular formula is C14H29N5O. The van der Waals surface area contributed by atoms with Gasteiger partial charge >= 0.3 is 0 Å². The van der Waals surface area contributed by atoms with Crippen molar-refractivity contribution in [1.82, 2.24) is 14.7 Å². The highest BCUT2D eigenvalue weighted by molar-refractivity contribution is 5.88. The molecular weight excluding hydrogens is 254 g/mol. The Kier molecular flexibility index (Phi) is 5.23. The molecule has 2 rings (SSSR count). The molecule has 3 N–H and O–H groups in total. The molecule has 0 saturated carbocycles. The number of hydrogen-bond acceptors (Lipinski definition) is 5. The van der Waals surface area contributed by atoms with Crippen LogP contribution in [0.15, 0.2) is 5.16 Å². The highest BCUT2D eigenvalue weighted by atomic mass is 16.4. The minimum absolute atomic E-state index is 0.294. The summed E-state index contributed by atoms with van der Waals surface area (Å²) in [4.78, 5) is 7.39. The van der Waals surface area contributed by atoms with Crippen LogP contribution in [0.25, 0.3) is 0 Å². The molecule has 0 amide bonds. The Hall–Kier alpha value is -0.850. The smallest absolute Gasteiger partial charge is 0.159 e. The fourth-order valence-corrected chi connectivity index (χ4v) is 3.10. The normalized spacial score (nSPS) is 24.4. The molecule has 0 radical (unpaired) electrons. The number of nitrogens with zero attached hydrogens (tertiary/aromatic N) is 4. The monoisotopic (exact) mass is 283 g/mol. The number of amidine groups is 1. The van der Waals surface area contributed by atoms with Gasteiger partial charge in [0, 0.05) is 39.3 Å². The van der Waals surface area contributed by atoms with Gasteiger partial charge in [0.1, 0.15) is 0 Å². The highest BCUT2D eigenvalue weighted by Gasteiger charge is 2.33. The first-order valence-corrected chi connectivity index (χ1v) is 7.72. The third kappa shape index (κ3) is 3.62. The molecule has 6 heteroatoms. The second kappa shape index (κ2) is 6.74. The van der Waals surface area contributed by atoms with E-state index in [4.69, 9.17) is 10.9 Å². The average molecular weight is 283 g/mol. The lowest BCUT2D eigenvalue weighted by Gasteiger charge is -2.43. The summed E-state index contributed by atoms with van der Waals surface area (Å²) in [5, 5.41) is 12.1. The Labute approximate surface area is 122 Å². The van der Waals surface area contributed by atoms with Crippen LogP contribution in [-0.2, 0) is 0 Å². The molecule has 6 nitrogen and oxygen atoms in total. The van der Waals surface area contributed by atoms with Gasteiger partial charge in [-0.3, -0.25) is 9.80 Å². The van der Waals surface area contributed by atoms with Crippen molar-refractivity contribution < 1.29 is 5.21 Å². The topological polar surface area (TPSA) is 68.3 Å².